The number of nitriles is 1. The van der Waals surface area contributed by atoms with E-state index in [4.69, 9.17) is 10.00 Å². The molecule has 114 valence electrons. The van der Waals surface area contributed by atoms with E-state index in [0.717, 1.165) is 25.3 Å². The summed E-state index contributed by atoms with van der Waals surface area (Å²) in [5.74, 6) is 0. The highest BCUT2D eigenvalue weighted by Crippen LogP contribution is 2.48. The summed E-state index contributed by atoms with van der Waals surface area (Å²) >= 11 is 0. The van der Waals surface area contributed by atoms with Crippen LogP contribution in [0.5, 0.6) is 0 Å². The molecule has 1 aliphatic rings. The molecule has 3 nitrogen and oxygen atoms in total. The second-order valence-electron chi connectivity index (χ2n) is 5.47. The fourth-order valence-corrected chi connectivity index (χ4v) is 2.29. The topological polar surface area (TPSA) is 45.0 Å². The first kappa shape index (κ1) is 15.6. The average molecular weight is 298 g/mol. The number of nitrogens with zero attached hydrogens (tertiary/aromatic N) is 1. The first-order valence-corrected chi connectivity index (χ1v) is 6.74. The van der Waals surface area contributed by atoms with E-state index in [2.05, 4.69) is 5.32 Å². The van der Waals surface area contributed by atoms with Crippen LogP contribution in [0.2, 0.25) is 0 Å². The van der Waals surface area contributed by atoms with Gasteiger partial charge in [-0.2, -0.15) is 18.4 Å². The Morgan fingerprint density at radius 3 is 2.62 bits per heavy atom. The highest BCUT2D eigenvalue weighted by atomic mass is 19.4. The van der Waals surface area contributed by atoms with Gasteiger partial charge in [0.25, 0.3) is 0 Å². The fourth-order valence-electron chi connectivity index (χ4n) is 2.29. The first-order valence-electron chi connectivity index (χ1n) is 6.74. The number of halogens is 3. The van der Waals surface area contributed by atoms with E-state index < -0.39 is 11.7 Å². The minimum atomic E-state index is -4.52. The molecule has 1 N–H and O–H groups in total. The molecule has 1 aromatic rings. The van der Waals surface area contributed by atoms with Gasteiger partial charge in [0.05, 0.1) is 17.2 Å². The average Bonchev–Trinajstić information content (AvgIpc) is 3.22. The molecule has 1 aliphatic carbocycles. The van der Waals surface area contributed by atoms with Crippen LogP contribution in [-0.2, 0) is 10.9 Å². The van der Waals surface area contributed by atoms with E-state index in [9.17, 15) is 13.2 Å². The van der Waals surface area contributed by atoms with Gasteiger partial charge >= 0.3 is 6.18 Å². The lowest BCUT2D eigenvalue weighted by molar-refractivity contribution is -0.137. The van der Waals surface area contributed by atoms with Crippen LogP contribution in [0.15, 0.2) is 18.2 Å². The van der Waals surface area contributed by atoms with E-state index >= 15 is 0 Å². The smallest absolute Gasteiger partial charge is 0.385 e. The minimum Gasteiger partial charge on any atom is -0.385 e. The summed E-state index contributed by atoms with van der Waals surface area (Å²) in [5, 5.41) is 11.8. The zero-order valence-electron chi connectivity index (χ0n) is 11.8. The molecular weight excluding hydrogens is 281 g/mol. The number of rotatable bonds is 6. The number of hydrogen-bond donors (Lipinski definition) is 1. The van der Waals surface area contributed by atoms with Crippen molar-refractivity contribution in [3.63, 3.8) is 0 Å². The molecule has 1 saturated carbocycles. The van der Waals surface area contributed by atoms with Crippen LogP contribution in [0.4, 0.5) is 18.9 Å². The van der Waals surface area contributed by atoms with Gasteiger partial charge in [0.15, 0.2) is 0 Å². The van der Waals surface area contributed by atoms with Crippen molar-refractivity contribution >= 4 is 5.69 Å². The predicted octanol–water partition coefficient (Wildman–Crippen LogP) is 3.81. The van der Waals surface area contributed by atoms with E-state index in [1.807, 2.05) is 0 Å². The van der Waals surface area contributed by atoms with Gasteiger partial charge in [0.2, 0.25) is 0 Å². The van der Waals surface area contributed by atoms with Gasteiger partial charge < -0.3 is 10.1 Å². The van der Waals surface area contributed by atoms with Gasteiger partial charge in [-0.05, 0) is 42.9 Å². The van der Waals surface area contributed by atoms with E-state index in [0.29, 0.717) is 18.8 Å². The highest BCUT2D eigenvalue weighted by Gasteiger charge is 2.41. The molecule has 0 radical (unpaired) electrons. The monoisotopic (exact) mass is 298 g/mol. The Labute approximate surface area is 121 Å². The Morgan fingerprint density at radius 1 is 1.38 bits per heavy atom. The Hall–Kier alpha value is -1.74. The van der Waals surface area contributed by atoms with Crippen molar-refractivity contribution in [3.05, 3.63) is 29.3 Å². The van der Waals surface area contributed by atoms with Crippen LogP contribution in [0, 0.1) is 16.7 Å². The van der Waals surface area contributed by atoms with Crippen LogP contribution in [0.3, 0.4) is 0 Å². The number of nitrogens with one attached hydrogen (secondary N) is 1. The predicted molar refractivity (Wildman–Crippen MR) is 72.8 cm³/mol. The molecule has 1 fully saturated rings. The van der Waals surface area contributed by atoms with Crippen LogP contribution in [0.1, 0.15) is 30.4 Å². The van der Waals surface area contributed by atoms with Crippen molar-refractivity contribution in [1.29, 1.82) is 5.26 Å². The highest BCUT2D eigenvalue weighted by molar-refractivity contribution is 5.53. The number of benzene rings is 1. The minimum absolute atomic E-state index is 0.141. The lowest BCUT2D eigenvalue weighted by Gasteiger charge is -2.17. The standard InChI is InChI=1S/C15H17F3N2O/c1-21-7-6-14(4-5-14)10-20-12-3-2-11(9-19)13(8-12)15(16,17)18/h2-3,8,20H,4-7,10H2,1H3. The maximum atomic E-state index is 12.9. The van der Waals surface area contributed by atoms with Crippen molar-refractivity contribution in [2.45, 2.75) is 25.4 Å². The maximum absolute atomic E-state index is 12.9. The van der Waals surface area contributed by atoms with Gasteiger partial charge in [-0.3, -0.25) is 0 Å². The third-order valence-corrected chi connectivity index (χ3v) is 3.91. The number of hydrogen-bond acceptors (Lipinski definition) is 3. The number of methoxy groups -OCH3 is 1. The van der Waals surface area contributed by atoms with Crippen LogP contribution in [0.25, 0.3) is 0 Å². The molecule has 0 unspecified atom stereocenters. The Kier molecular flexibility index (Phi) is 4.43. The first-order chi connectivity index (χ1) is 9.90. The molecule has 2 rings (SSSR count). The van der Waals surface area contributed by atoms with Crippen molar-refractivity contribution < 1.29 is 17.9 Å². The summed E-state index contributed by atoms with van der Waals surface area (Å²) in [7, 11) is 1.64. The second kappa shape index (κ2) is 5.94. The van der Waals surface area contributed by atoms with Crippen molar-refractivity contribution in [3.8, 4) is 6.07 Å². The number of ether oxygens (including phenoxy) is 1. The molecule has 0 bridgehead atoms. The number of anilines is 1. The summed E-state index contributed by atoms with van der Waals surface area (Å²) in [6, 6.07) is 5.30. The van der Waals surface area contributed by atoms with Crippen molar-refractivity contribution in [2.24, 2.45) is 5.41 Å². The van der Waals surface area contributed by atoms with E-state index in [1.54, 1.807) is 13.2 Å². The van der Waals surface area contributed by atoms with Gasteiger partial charge in [-0.25, -0.2) is 0 Å². The van der Waals surface area contributed by atoms with Gasteiger partial charge in [-0.1, -0.05) is 0 Å². The van der Waals surface area contributed by atoms with E-state index in [-0.39, 0.29) is 11.0 Å². The quantitative estimate of drug-likeness (QED) is 0.868. The SMILES string of the molecule is COCCC1(CNc2ccc(C#N)c(C(F)(F)F)c2)CC1. The van der Waals surface area contributed by atoms with Gasteiger partial charge in [0, 0.05) is 25.9 Å². The lowest BCUT2D eigenvalue weighted by Crippen LogP contribution is -2.18. The molecule has 6 heteroatoms. The molecule has 0 atom stereocenters. The normalized spacial score (nSPS) is 16.3. The van der Waals surface area contributed by atoms with Gasteiger partial charge in [-0.15, -0.1) is 0 Å². The molecule has 0 spiro atoms. The molecular formula is C15H17F3N2O. The molecule has 0 heterocycles. The van der Waals surface area contributed by atoms with Gasteiger partial charge in [0.1, 0.15) is 0 Å². The molecule has 0 aromatic heterocycles. The fraction of sp³-hybridized carbons (Fsp3) is 0.533. The largest absolute Gasteiger partial charge is 0.417 e. The Morgan fingerprint density at radius 2 is 2.10 bits per heavy atom. The molecule has 21 heavy (non-hydrogen) atoms. The summed E-state index contributed by atoms with van der Waals surface area (Å²) in [6.07, 6.45) is -1.49. The zero-order chi connectivity index (χ0) is 15.5. The third-order valence-electron chi connectivity index (χ3n) is 3.91. The molecule has 0 saturated heterocycles. The summed E-state index contributed by atoms with van der Waals surface area (Å²) in [6.45, 7) is 1.28. The molecule has 0 aliphatic heterocycles. The Balaban J connectivity index is 2.07. The maximum Gasteiger partial charge on any atom is 0.417 e. The van der Waals surface area contributed by atoms with Crippen LogP contribution < -0.4 is 5.32 Å². The molecule has 1 aromatic carbocycles. The van der Waals surface area contributed by atoms with Crippen LogP contribution in [-0.4, -0.2) is 20.3 Å². The van der Waals surface area contributed by atoms with Crippen molar-refractivity contribution in [1.82, 2.24) is 0 Å². The van der Waals surface area contributed by atoms with Crippen molar-refractivity contribution in [2.75, 3.05) is 25.6 Å². The third kappa shape index (κ3) is 3.88. The van der Waals surface area contributed by atoms with E-state index in [1.165, 1.54) is 12.1 Å². The lowest BCUT2D eigenvalue weighted by atomic mass is 10.0. The summed E-state index contributed by atoms with van der Waals surface area (Å²) < 4.78 is 43.7. The Bertz CT molecular complexity index is 545. The second-order valence-corrected chi connectivity index (χ2v) is 5.47. The molecule has 0 amide bonds. The summed E-state index contributed by atoms with van der Waals surface area (Å²) in [5.41, 5.74) is -0.710. The zero-order valence-corrected chi connectivity index (χ0v) is 11.8. The number of alkyl halides is 3. The summed E-state index contributed by atoms with van der Waals surface area (Å²) in [4.78, 5) is 0. The van der Waals surface area contributed by atoms with Crippen LogP contribution >= 0.6 is 0 Å².